The molecule has 4 aliphatic rings. The summed E-state index contributed by atoms with van der Waals surface area (Å²) in [4.78, 5) is 58.5. The van der Waals surface area contributed by atoms with Crippen molar-refractivity contribution in [3.8, 4) is 17.2 Å². The first-order valence-electron chi connectivity index (χ1n) is 15.2. The smallest absolute Gasteiger partial charge is 0.238 e. The molecule has 11 heteroatoms. The molecule has 2 aliphatic heterocycles. The highest BCUT2D eigenvalue weighted by Gasteiger charge is 2.61. The minimum atomic E-state index is -0.728. The number of ether oxygens (including phenoxy) is 2. The highest BCUT2D eigenvalue weighted by Crippen LogP contribution is 2.56. The number of carbonyl (C=O) groups excluding carboxylic acids is 4. The van der Waals surface area contributed by atoms with Crippen LogP contribution in [0, 0.1) is 35.5 Å². The molecule has 1 saturated carbocycles. The van der Waals surface area contributed by atoms with Crippen molar-refractivity contribution in [3.05, 3.63) is 94.0 Å². The molecule has 9 nitrogen and oxygen atoms in total. The fourth-order valence-electron chi connectivity index (χ4n) is 7.76. The maximum atomic E-state index is 14.2. The lowest BCUT2D eigenvalue weighted by molar-refractivity contribution is -0.126. The zero-order valence-corrected chi connectivity index (χ0v) is 26.9. The number of nitrogens with zero attached hydrogens (tertiary/aromatic N) is 2. The number of methoxy groups -OCH3 is 2. The number of allylic oxidation sites excluding steroid dienone is 3. The number of halogens is 2. The van der Waals surface area contributed by atoms with Crippen LogP contribution in [0.2, 0.25) is 10.0 Å². The minimum absolute atomic E-state index is 0.143. The van der Waals surface area contributed by atoms with E-state index in [1.807, 2.05) is 12.2 Å². The van der Waals surface area contributed by atoms with E-state index in [0.29, 0.717) is 33.4 Å². The topological polar surface area (TPSA) is 113 Å². The van der Waals surface area contributed by atoms with Crippen molar-refractivity contribution in [2.75, 3.05) is 24.0 Å². The minimum Gasteiger partial charge on any atom is -0.502 e. The second-order valence-electron chi connectivity index (χ2n) is 12.2. The van der Waals surface area contributed by atoms with E-state index in [1.54, 1.807) is 66.7 Å². The number of fused-ring (bicyclic) bond motifs is 4. The molecule has 3 aromatic carbocycles. The largest absolute Gasteiger partial charge is 0.502 e. The first-order chi connectivity index (χ1) is 22.6. The van der Waals surface area contributed by atoms with Crippen molar-refractivity contribution < 1.29 is 33.8 Å². The second kappa shape index (κ2) is 11.9. The van der Waals surface area contributed by atoms with Crippen LogP contribution in [0.1, 0.15) is 18.4 Å². The van der Waals surface area contributed by atoms with Gasteiger partial charge in [0.15, 0.2) is 11.5 Å². The van der Waals surface area contributed by atoms with Gasteiger partial charge in [0.25, 0.3) is 0 Å². The maximum absolute atomic E-state index is 14.2. The molecule has 7 rings (SSSR count). The summed E-state index contributed by atoms with van der Waals surface area (Å²) in [5.74, 6) is -4.72. The van der Waals surface area contributed by atoms with Gasteiger partial charge in [0.1, 0.15) is 0 Å². The molecule has 2 aliphatic carbocycles. The molecule has 240 valence electrons. The van der Waals surface area contributed by atoms with E-state index >= 15 is 0 Å². The van der Waals surface area contributed by atoms with Crippen LogP contribution >= 0.6 is 23.2 Å². The Morgan fingerprint density at radius 3 is 1.77 bits per heavy atom. The first-order valence-corrected chi connectivity index (χ1v) is 16.0. The van der Waals surface area contributed by atoms with Crippen molar-refractivity contribution in [2.24, 2.45) is 35.5 Å². The number of aromatic hydroxyl groups is 1. The van der Waals surface area contributed by atoms with Crippen molar-refractivity contribution in [3.63, 3.8) is 0 Å². The Balaban J connectivity index is 1.31. The van der Waals surface area contributed by atoms with Crippen molar-refractivity contribution in [2.45, 2.75) is 12.8 Å². The number of anilines is 2. The number of imide groups is 2. The lowest BCUT2D eigenvalue weighted by Gasteiger charge is -2.42. The van der Waals surface area contributed by atoms with Gasteiger partial charge in [-0.25, -0.2) is 0 Å². The Morgan fingerprint density at radius 1 is 0.723 bits per heavy atom. The Labute approximate surface area is 281 Å². The predicted molar refractivity (Wildman–Crippen MR) is 176 cm³/mol. The second-order valence-corrected chi connectivity index (χ2v) is 13.1. The van der Waals surface area contributed by atoms with Gasteiger partial charge in [-0.3, -0.25) is 29.0 Å². The Bertz CT molecular complexity index is 1850. The fraction of sp³-hybridized carbons (Fsp3) is 0.278. The number of benzene rings is 3. The molecule has 1 N–H and O–H groups in total. The third kappa shape index (κ3) is 5.00. The number of hydrogen-bond acceptors (Lipinski definition) is 7. The van der Waals surface area contributed by atoms with Crippen LogP contribution in [-0.4, -0.2) is 43.0 Å². The summed E-state index contributed by atoms with van der Waals surface area (Å²) in [6, 6.07) is 16.4. The summed E-state index contributed by atoms with van der Waals surface area (Å²) in [5.41, 5.74) is 2.36. The molecule has 2 saturated heterocycles. The molecule has 2 heterocycles. The fourth-order valence-corrected chi connectivity index (χ4v) is 8.02. The normalized spacial score (nSPS) is 26.8. The predicted octanol–water partition coefficient (Wildman–Crippen LogP) is 6.31. The molecule has 0 aromatic heterocycles. The summed E-state index contributed by atoms with van der Waals surface area (Å²) < 4.78 is 10.7. The Kier molecular flexibility index (Phi) is 7.85. The average Bonchev–Trinajstić information content (AvgIpc) is 3.48. The average molecular weight is 674 g/mol. The quantitative estimate of drug-likeness (QED) is 0.241. The van der Waals surface area contributed by atoms with Gasteiger partial charge < -0.3 is 14.6 Å². The summed E-state index contributed by atoms with van der Waals surface area (Å²) >= 11 is 12.2. The SMILES string of the molecule is COc1cc(C=CC2C3=CCC4C(=O)N(c5ccc(Cl)cc5)C(=O)C4C3CC3C(=O)N(c4ccc(Cl)cc4)C(=O)C23)cc(OC)c1O. The van der Waals surface area contributed by atoms with E-state index < -0.39 is 35.5 Å². The van der Waals surface area contributed by atoms with E-state index in [2.05, 4.69) is 0 Å². The lowest BCUT2D eigenvalue weighted by atomic mass is 9.58. The Morgan fingerprint density at radius 2 is 1.23 bits per heavy atom. The molecule has 0 spiro atoms. The lowest BCUT2D eigenvalue weighted by Crippen LogP contribution is -2.43. The van der Waals surface area contributed by atoms with Gasteiger partial charge in [0, 0.05) is 16.0 Å². The van der Waals surface area contributed by atoms with Crippen LogP contribution in [-0.2, 0) is 19.2 Å². The zero-order valence-electron chi connectivity index (χ0n) is 25.4. The van der Waals surface area contributed by atoms with E-state index in [0.717, 1.165) is 5.57 Å². The summed E-state index contributed by atoms with van der Waals surface area (Å²) in [5, 5.41) is 11.4. The van der Waals surface area contributed by atoms with E-state index in [-0.39, 0.29) is 47.3 Å². The van der Waals surface area contributed by atoms with Crippen LogP contribution < -0.4 is 19.3 Å². The van der Waals surface area contributed by atoms with Crippen LogP contribution in [0.25, 0.3) is 6.08 Å². The third-order valence-corrected chi connectivity index (χ3v) is 10.4. The molecule has 6 unspecified atom stereocenters. The van der Waals surface area contributed by atoms with Crippen LogP contribution in [0.15, 0.2) is 78.4 Å². The van der Waals surface area contributed by atoms with E-state index in [9.17, 15) is 24.3 Å². The van der Waals surface area contributed by atoms with Gasteiger partial charge in [0.2, 0.25) is 29.4 Å². The third-order valence-electron chi connectivity index (χ3n) is 9.87. The van der Waals surface area contributed by atoms with Gasteiger partial charge in [-0.2, -0.15) is 0 Å². The van der Waals surface area contributed by atoms with Gasteiger partial charge in [-0.15, -0.1) is 0 Å². The maximum Gasteiger partial charge on any atom is 0.238 e. The van der Waals surface area contributed by atoms with Crippen molar-refractivity contribution >= 4 is 64.3 Å². The highest BCUT2D eigenvalue weighted by atomic mass is 35.5. The summed E-state index contributed by atoms with van der Waals surface area (Å²) in [7, 11) is 2.87. The monoisotopic (exact) mass is 672 g/mol. The van der Waals surface area contributed by atoms with E-state index in [1.165, 1.54) is 24.0 Å². The number of rotatable bonds is 6. The standard InChI is InChI=1S/C36H30Cl2N2O7/c1-46-28-15-18(16-29(47-2)32(28)41)3-12-24-23-13-14-25-31(36(45)39(33(25)42)21-8-4-19(37)5-9-21)26(23)17-27-30(24)35(44)40(34(27)43)22-10-6-20(38)7-11-22/h3-13,15-16,24-27,30-31,41H,14,17H2,1-2H3. The van der Waals surface area contributed by atoms with Gasteiger partial charge in [-0.05, 0) is 85.0 Å². The highest BCUT2D eigenvalue weighted by molar-refractivity contribution is 6.31. The van der Waals surface area contributed by atoms with Crippen molar-refractivity contribution in [1.82, 2.24) is 0 Å². The molecule has 6 atom stereocenters. The zero-order chi connectivity index (χ0) is 33.1. The van der Waals surface area contributed by atoms with Crippen LogP contribution in [0.4, 0.5) is 11.4 Å². The molecule has 3 fully saturated rings. The number of phenolic OH excluding ortho intramolecular Hbond substituents is 1. The molecule has 0 bridgehead atoms. The molecular weight excluding hydrogens is 643 g/mol. The molecule has 0 radical (unpaired) electrons. The van der Waals surface area contributed by atoms with Gasteiger partial charge in [0.05, 0.1) is 49.3 Å². The van der Waals surface area contributed by atoms with Gasteiger partial charge in [-0.1, -0.05) is 47.0 Å². The number of amides is 4. The molecule has 47 heavy (non-hydrogen) atoms. The first kappa shape index (κ1) is 31.0. The summed E-state index contributed by atoms with van der Waals surface area (Å²) in [6.45, 7) is 0. The summed E-state index contributed by atoms with van der Waals surface area (Å²) in [6.07, 6.45) is 6.23. The number of hydrogen-bond donors (Lipinski definition) is 1. The van der Waals surface area contributed by atoms with Gasteiger partial charge >= 0.3 is 0 Å². The van der Waals surface area contributed by atoms with Crippen molar-refractivity contribution in [1.29, 1.82) is 0 Å². The number of carbonyl (C=O) groups is 4. The molecule has 4 amide bonds. The Hall–Kier alpha value is -4.60. The molecule has 3 aromatic rings. The van der Waals surface area contributed by atoms with Crippen LogP contribution in [0.5, 0.6) is 17.2 Å². The van der Waals surface area contributed by atoms with E-state index in [4.69, 9.17) is 32.7 Å². The number of phenols is 1. The molecular formula is C36H30Cl2N2O7. The van der Waals surface area contributed by atoms with Crippen LogP contribution in [0.3, 0.4) is 0 Å².